The number of carbonyl (C=O) groups is 6. The van der Waals surface area contributed by atoms with E-state index in [-0.39, 0.29) is 6.29 Å². The van der Waals surface area contributed by atoms with Crippen molar-refractivity contribution < 1.29 is 73.6 Å². The fraction of sp³-hybridized carbons (Fsp3) is 0.778. The lowest BCUT2D eigenvalue weighted by atomic mass is 9.83. The van der Waals surface area contributed by atoms with Gasteiger partial charge in [0, 0.05) is 19.8 Å². The summed E-state index contributed by atoms with van der Waals surface area (Å²) in [5.74, 6) is -6.64. The normalized spacial score (nSPS) is 33.4. The first kappa shape index (κ1) is 40.0. The number of aliphatic hydroxyl groups excluding tert-OH is 6. The summed E-state index contributed by atoms with van der Waals surface area (Å²) in [6.45, 7) is 2.83. The second-order valence-corrected chi connectivity index (χ2v) is 11.5. The summed E-state index contributed by atoms with van der Waals surface area (Å²) in [5, 5.41) is 66.1. The Morgan fingerprint density at radius 2 is 1.40 bits per heavy atom. The van der Waals surface area contributed by atoms with Crippen LogP contribution in [0.1, 0.15) is 34.1 Å². The van der Waals surface area contributed by atoms with Gasteiger partial charge in [0.05, 0.1) is 31.4 Å². The molecule has 268 valence electrons. The molecule has 0 radical (unpaired) electrons. The standard InChI is InChI=1S/C27H45N5O15/c1-9(28)25(42)32(26(43)10(2)45-23-18(31-12(4)37)27(44)47-16(8-35)20(23)39)14(24(29)41)5-13(6-33)22-17(30-11(3)36)21(40)19(38)15(7-34)46-22/h6,9-10,13-23,27,34-35,38-40,44H,5,7-8,28H2,1-4H3,(H2,29,41)(H,30,36)(H,31,37)/t9-,10?,13?,14+,15+,16+,17+,18+,19+,20+,21+,22?,23+,27-/m0/s1. The molecule has 12 N–H and O–H groups in total. The molecule has 20 nitrogen and oxygen atoms in total. The van der Waals surface area contributed by atoms with Crippen LogP contribution >= 0.6 is 0 Å². The number of rotatable bonds is 14. The lowest BCUT2D eigenvalue weighted by Crippen LogP contribution is -2.67. The Bertz CT molecular complexity index is 1140. The highest BCUT2D eigenvalue weighted by atomic mass is 16.6. The zero-order chi connectivity index (χ0) is 35.9. The van der Waals surface area contributed by atoms with Gasteiger partial charge < -0.3 is 71.7 Å². The van der Waals surface area contributed by atoms with Crippen molar-refractivity contribution in [3.05, 3.63) is 0 Å². The summed E-state index contributed by atoms with van der Waals surface area (Å²) in [4.78, 5) is 76.5. The van der Waals surface area contributed by atoms with Crippen LogP contribution in [0.3, 0.4) is 0 Å². The van der Waals surface area contributed by atoms with Crippen molar-refractivity contribution in [1.82, 2.24) is 15.5 Å². The number of imide groups is 1. The van der Waals surface area contributed by atoms with Crippen LogP contribution in [-0.2, 0) is 43.0 Å². The summed E-state index contributed by atoms with van der Waals surface area (Å²) >= 11 is 0. The molecule has 3 unspecified atom stereocenters. The van der Waals surface area contributed by atoms with Crippen LogP contribution in [-0.4, -0.2) is 164 Å². The van der Waals surface area contributed by atoms with Crippen LogP contribution in [0.25, 0.3) is 0 Å². The molecular weight excluding hydrogens is 634 g/mol. The molecule has 0 spiro atoms. The Hall–Kier alpha value is -3.18. The van der Waals surface area contributed by atoms with Crippen molar-refractivity contribution in [3.63, 3.8) is 0 Å². The average molecular weight is 680 g/mol. The zero-order valence-electron chi connectivity index (χ0n) is 26.2. The van der Waals surface area contributed by atoms with Gasteiger partial charge in [-0.3, -0.25) is 28.9 Å². The summed E-state index contributed by atoms with van der Waals surface area (Å²) in [6, 6.07) is -6.31. The van der Waals surface area contributed by atoms with E-state index in [0.29, 0.717) is 4.90 Å². The molecule has 0 aromatic heterocycles. The van der Waals surface area contributed by atoms with Gasteiger partial charge in [0.25, 0.3) is 5.91 Å². The molecular formula is C27H45N5O15. The van der Waals surface area contributed by atoms with E-state index in [1.165, 1.54) is 6.92 Å². The second kappa shape index (κ2) is 17.3. The van der Waals surface area contributed by atoms with Crippen molar-refractivity contribution in [2.45, 2.75) is 113 Å². The summed E-state index contributed by atoms with van der Waals surface area (Å²) in [6.07, 6.45) is -15.2. The van der Waals surface area contributed by atoms with Gasteiger partial charge in [-0.25, -0.2) is 0 Å². The van der Waals surface area contributed by atoms with E-state index in [4.69, 9.17) is 25.7 Å². The fourth-order valence-corrected chi connectivity index (χ4v) is 5.55. The highest BCUT2D eigenvalue weighted by Gasteiger charge is 2.51. The fourth-order valence-electron chi connectivity index (χ4n) is 5.55. The number of primary amides is 1. The maximum absolute atomic E-state index is 13.8. The molecule has 0 aromatic carbocycles. The van der Waals surface area contributed by atoms with Crippen LogP contribution in [0.4, 0.5) is 0 Å². The zero-order valence-corrected chi connectivity index (χ0v) is 26.2. The molecule has 2 rings (SSSR count). The van der Waals surface area contributed by atoms with E-state index in [1.807, 2.05) is 0 Å². The Labute approximate surface area is 269 Å². The Morgan fingerprint density at radius 1 is 0.872 bits per heavy atom. The number of aliphatic hydroxyl groups is 6. The minimum absolute atomic E-state index is 0.250. The first-order valence-electron chi connectivity index (χ1n) is 14.7. The van der Waals surface area contributed by atoms with Crippen molar-refractivity contribution >= 4 is 35.8 Å². The quantitative estimate of drug-likeness (QED) is 0.0762. The molecule has 5 amide bonds. The lowest BCUT2D eigenvalue weighted by Gasteiger charge is -2.45. The summed E-state index contributed by atoms with van der Waals surface area (Å²) in [7, 11) is 0. The van der Waals surface area contributed by atoms with Crippen molar-refractivity contribution in [2.24, 2.45) is 17.4 Å². The number of hydrogen-bond donors (Lipinski definition) is 10. The van der Waals surface area contributed by atoms with Crippen LogP contribution in [0, 0.1) is 5.92 Å². The number of nitrogens with two attached hydrogens (primary N) is 2. The van der Waals surface area contributed by atoms with Gasteiger partial charge >= 0.3 is 0 Å². The highest BCUT2D eigenvalue weighted by molar-refractivity contribution is 6.03. The molecule has 2 fully saturated rings. The van der Waals surface area contributed by atoms with Crippen molar-refractivity contribution in [2.75, 3.05) is 13.2 Å². The number of nitrogens with zero attached hydrogens (tertiary/aromatic N) is 1. The SMILES string of the molecule is CC(=O)N[C@@H]1[C@@H](OC(C)C(=O)N(C(=O)[C@H](C)N)[C@H](CC(C=O)C2O[C@H](CO)[C@@H](O)[C@H](O)[C@H]2NC(C)=O)C(N)=O)[C@H](O)[C@@H](CO)O[C@@H]1O. The third-order valence-corrected chi connectivity index (χ3v) is 7.88. The van der Waals surface area contributed by atoms with E-state index in [1.54, 1.807) is 0 Å². The first-order valence-corrected chi connectivity index (χ1v) is 14.7. The monoisotopic (exact) mass is 679 g/mol. The number of ether oxygens (including phenoxy) is 3. The topological polar surface area (TPSA) is 331 Å². The maximum Gasteiger partial charge on any atom is 0.258 e. The van der Waals surface area contributed by atoms with Crippen molar-refractivity contribution in [1.29, 1.82) is 0 Å². The van der Waals surface area contributed by atoms with Crippen LogP contribution in [0.2, 0.25) is 0 Å². The molecule has 14 atom stereocenters. The minimum Gasteiger partial charge on any atom is -0.394 e. The molecule has 47 heavy (non-hydrogen) atoms. The van der Waals surface area contributed by atoms with Crippen LogP contribution < -0.4 is 22.1 Å². The predicted octanol–water partition coefficient (Wildman–Crippen LogP) is -6.92. The Kier molecular flexibility index (Phi) is 14.7. The molecule has 2 saturated heterocycles. The van der Waals surface area contributed by atoms with Gasteiger partial charge in [-0.05, 0) is 20.3 Å². The molecule has 2 heterocycles. The molecule has 2 aliphatic heterocycles. The number of hydrogen-bond acceptors (Lipinski definition) is 16. The molecule has 0 aromatic rings. The van der Waals surface area contributed by atoms with Gasteiger partial charge in [-0.2, -0.15) is 0 Å². The largest absolute Gasteiger partial charge is 0.394 e. The molecule has 2 aliphatic rings. The first-order chi connectivity index (χ1) is 21.9. The number of amides is 5. The lowest BCUT2D eigenvalue weighted by molar-refractivity contribution is -0.267. The van der Waals surface area contributed by atoms with Gasteiger partial charge in [-0.1, -0.05) is 0 Å². The van der Waals surface area contributed by atoms with E-state index in [2.05, 4.69) is 10.6 Å². The highest BCUT2D eigenvalue weighted by Crippen LogP contribution is 2.30. The average Bonchev–Trinajstić information content (AvgIpc) is 3.00. The van der Waals surface area contributed by atoms with E-state index >= 15 is 0 Å². The van der Waals surface area contributed by atoms with Crippen LogP contribution in [0.15, 0.2) is 0 Å². The number of carbonyl (C=O) groups excluding carboxylic acids is 6. The molecule has 20 heteroatoms. The van der Waals surface area contributed by atoms with E-state index in [0.717, 1.165) is 20.8 Å². The predicted molar refractivity (Wildman–Crippen MR) is 154 cm³/mol. The third kappa shape index (κ3) is 9.47. The minimum atomic E-state index is -1.94. The van der Waals surface area contributed by atoms with Gasteiger partial charge in [0.1, 0.15) is 61.1 Å². The molecule has 0 aliphatic carbocycles. The van der Waals surface area contributed by atoms with Crippen molar-refractivity contribution in [3.8, 4) is 0 Å². The number of nitrogens with one attached hydrogen (secondary N) is 2. The van der Waals surface area contributed by atoms with Gasteiger partial charge in [-0.15, -0.1) is 0 Å². The second-order valence-electron chi connectivity index (χ2n) is 11.5. The summed E-state index contributed by atoms with van der Waals surface area (Å²) in [5.41, 5.74) is 11.4. The Morgan fingerprint density at radius 3 is 1.87 bits per heavy atom. The maximum atomic E-state index is 13.8. The molecule has 0 saturated carbocycles. The van der Waals surface area contributed by atoms with Gasteiger partial charge in [0.15, 0.2) is 6.29 Å². The number of aldehydes is 1. The smallest absolute Gasteiger partial charge is 0.258 e. The van der Waals surface area contributed by atoms with E-state index in [9.17, 15) is 59.4 Å². The summed E-state index contributed by atoms with van der Waals surface area (Å²) < 4.78 is 16.4. The molecule has 0 bridgehead atoms. The third-order valence-electron chi connectivity index (χ3n) is 7.88. The van der Waals surface area contributed by atoms with Crippen LogP contribution in [0.5, 0.6) is 0 Å². The van der Waals surface area contributed by atoms with E-state index < -0.39 is 134 Å². The Balaban J connectivity index is 2.50. The van der Waals surface area contributed by atoms with Gasteiger partial charge in [0.2, 0.25) is 23.6 Å².